The molecule has 1 saturated heterocycles. The number of fused-ring (bicyclic) bond motifs is 1. The highest BCUT2D eigenvalue weighted by Gasteiger charge is 2.24. The van der Waals surface area contributed by atoms with Gasteiger partial charge in [-0.2, -0.15) is 0 Å². The Kier molecular flexibility index (Phi) is 5.27. The molecule has 32 heavy (non-hydrogen) atoms. The summed E-state index contributed by atoms with van der Waals surface area (Å²) in [6, 6.07) is 15.8. The smallest absolute Gasteiger partial charge is 0.337 e. The molecule has 0 saturated carbocycles. The van der Waals surface area contributed by atoms with Crippen molar-refractivity contribution in [3.8, 4) is 5.69 Å². The van der Waals surface area contributed by atoms with Crippen molar-refractivity contribution in [2.45, 2.75) is 45.9 Å². The maximum absolute atomic E-state index is 13.7. The van der Waals surface area contributed by atoms with Crippen LogP contribution in [0.5, 0.6) is 0 Å². The van der Waals surface area contributed by atoms with Crippen LogP contribution in [0.25, 0.3) is 16.9 Å². The number of ether oxygens (including phenoxy) is 1. The number of imidazole rings is 1. The third-order valence-electron chi connectivity index (χ3n) is 6.17. The predicted octanol–water partition coefficient (Wildman–Crippen LogP) is 3.19. The molecule has 4 aromatic rings. The van der Waals surface area contributed by atoms with Crippen LogP contribution in [0.2, 0.25) is 0 Å². The second kappa shape index (κ2) is 8.24. The van der Waals surface area contributed by atoms with Gasteiger partial charge in [0.2, 0.25) is 0 Å². The van der Waals surface area contributed by atoms with E-state index in [1.807, 2.05) is 66.9 Å². The van der Waals surface area contributed by atoms with Crippen LogP contribution in [0.4, 0.5) is 0 Å². The molecule has 0 N–H and O–H groups in total. The molecule has 2 aromatic carbocycles. The van der Waals surface area contributed by atoms with Gasteiger partial charge in [0.1, 0.15) is 0 Å². The van der Waals surface area contributed by atoms with Crippen LogP contribution in [-0.4, -0.2) is 31.4 Å². The van der Waals surface area contributed by atoms with E-state index in [1.54, 1.807) is 10.9 Å². The molecule has 0 spiro atoms. The maximum Gasteiger partial charge on any atom is 0.337 e. The van der Waals surface area contributed by atoms with Crippen LogP contribution in [0, 0.1) is 13.8 Å². The zero-order valence-electron chi connectivity index (χ0n) is 18.3. The van der Waals surface area contributed by atoms with Crippen molar-refractivity contribution < 1.29 is 4.74 Å². The van der Waals surface area contributed by atoms with Crippen molar-refractivity contribution in [1.82, 2.24) is 18.7 Å². The Labute approximate surface area is 185 Å². The summed E-state index contributed by atoms with van der Waals surface area (Å²) in [5, 5.41) is 0. The lowest BCUT2D eigenvalue weighted by molar-refractivity contribution is 0.0950. The zero-order chi connectivity index (χ0) is 22.2. The number of benzene rings is 2. The van der Waals surface area contributed by atoms with Crippen LogP contribution in [0.15, 0.2) is 64.4 Å². The van der Waals surface area contributed by atoms with Crippen molar-refractivity contribution >= 4 is 11.2 Å². The molecule has 3 heterocycles. The van der Waals surface area contributed by atoms with Gasteiger partial charge in [-0.1, -0.05) is 48.5 Å². The van der Waals surface area contributed by atoms with E-state index < -0.39 is 0 Å². The molecule has 164 valence electrons. The summed E-state index contributed by atoms with van der Waals surface area (Å²) in [5.74, 6) is 0. The standard InChI is InChI=1S/C25H26N4O3/c1-17-8-6-9-18(2)21(17)29-23-22(27(16-26-23)14-19-10-4-3-5-11-19)24(30)28(25(29)31)15-20-12-7-13-32-20/h3-6,8-11,16,20H,7,12-15H2,1-2H3/t20-/m1/s1. The summed E-state index contributed by atoms with van der Waals surface area (Å²) in [7, 11) is 0. The normalized spacial score (nSPS) is 16.1. The topological polar surface area (TPSA) is 71.1 Å². The largest absolute Gasteiger partial charge is 0.376 e. The van der Waals surface area contributed by atoms with Gasteiger partial charge in [0, 0.05) is 13.2 Å². The molecular formula is C25H26N4O3. The molecule has 1 fully saturated rings. The Morgan fingerprint density at radius 2 is 1.78 bits per heavy atom. The summed E-state index contributed by atoms with van der Waals surface area (Å²) in [5.41, 5.74) is 3.85. The molecule has 5 rings (SSSR count). The minimum absolute atomic E-state index is 0.130. The molecule has 1 aliphatic heterocycles. The molecule has 7 heteroatoms. The molecule has 0 aliphatic carbocycles. The van der Waals surface area contributed by atoms with E-state index in [1.165, 1.54) is 4.57 Å². The predicted molar refractivity (Wildman–Crippen MR) is 124 cm³/mol. The highest BCUT2D eigenvalue weighted by Crippen LogP contribution is 2.21. The second-order valence-electron chi connectivity index (χ2n) is 8.44. The monoisotopic (exact) mass is 430 g/mol. The molecular weight excluding hydrogens is 404 g/mol. The summed E-state index contributed by atoms with van der Waals surface area (Å²) in [6.07, 6.45) is 3.31. The molecule has 0 bridgehead atoms. The number of aryl methyl sites for hydroxylation is 2. The first-order valence-corrected chi connectivity index (χ1v) is 11.0. The quantitative estimate of drug-likeness (QED) is 0.488. The summed E-state index contributed by atoms with van der Waals surface area (Å²) in [4.78, 5) is 31.8. The Morgan fingerprint density at radius 3 is 2.47 bits per heavy atom. The minimum atomic E-state index is -0.375. The Balaban J connectivity index is 1.78. The Bertz CT molecular complexity index is 1370. The van der Waals surface area contributed by atoms with Crippen molar-refractivity contribution in [3.05, 3.63) is 92.4 Å². The molecule has 0 amide bonds. The first-order chi connectivity index (χ1) is 15.5. The van der Waals surface area contributed by atoms with Gasteiger partial charge in [-0.3, -0.25) is 9.36 Å². The lowest BCUT2D eigenvalue weighted by atomic mass is 10.1. The average molecular weight is 431 g/mol. The summed E-state index contributed by atoms with van der Waals surface area (Å²) < 4.78 is 10.5. The van der Waals surface area contributed by atoms with Gasteiger partial charge >= 0.3 is 5.69 Å². The second-order valence-corrected chi connectivity index (χ2v) is 8.44. The number of nitrogens with zero attached hydrogens (tertiary/aromatic N) is 4. The number of hydrogen-bond donors (Lipinski definition) is 0. The van der Waals surface area contributed by atoms with Gasteiger partial charge in [0.15, 0.2) is 11.2 Å². The number of para-hydroxylation sites is 1. The van der Waals surface area contributed by atoms with Crippen LogP contribution in [0.3, 0.4) is 0 Å². The Hall–Kier alpha value is -3.45. The molecule has 0 unspecified atom stereocenters. The lowest BCUT2D eigenvalue weighted by Crippen LogP contribution is -2.42. The summed E-state index contributed by atoms with van der Waals surface area (Å²) in [6.45, 7) is 5.35. The first-order valence-electron chi connectivity index (χ1n) is 11.0. The van der Waals surface area contributed by atoms with E-state index in [0.717, 1.165) is 35.2 Å². The van der Waals surface area contributed by atoms with Crippen molar-refractivity contribution in [3.63, 3.8) is 0 Å². The lowest BCUT2D eigenvalue weighted by Gasteiger charge is -2.17. The van der Waals surface area contributed by atoms with E-state index in [-0.39, 0.29) is 23.9 Å². The zero-order valence-corrected chi connectivity index (χ0v) is 18.3. The van der Waals surface area contributed by atoms with Gasteiger partial charge < -0.3 is 9.30 Å². The van der Waals surface area contributed by atoms with Gasteiger partial charge in [0.05, 0.1) is 24.7 Å². The van der Waals surface area contributed by atoms with E-state index >= 15 is 0 Å². The molecule has 2 aromatic heterocycles. The van der Waals surface area contributed by atoms with Crippen molar-refractivity contribution in [2.75, 3.05) is 6.61 Å². The van der Waals surface area contributed by atoms with Crippen LogP contribution >= 0.6 is 0 Å². The van der Waals surface area contributed by atoms with Crippen molar-refractivity contribution in [2.24, 2.45) is 0 Å². The first kappa shape index (κ1) is 20.5. The summed E-state index contributed by atoms with van der Waals surface area (Å²) >= 11 is 0. The van der Waals surface area contributed by atoms with E-state index in [0.29, 0.717) is 24.3 Å². The van der Waals surface area contributed by atoms with Gasteiger partial charge in [-0.25, -0.2) is 14.3 Å². The SMILES string of the molecule is Cc1cccc(C)c1-n1c(=O)n(C[C@H]2CCCO2)c(=O)c2c1ncn2Cc1ccccc1. The Morgan fingerprint density at radius 1 is 1.03 bits per heavy atom. The van der Waals surface area contributed by atoms with Crippen LogP contribution < -0.4 is 11.2 Å². The maximum atomic E-state index is 13.7. The van der Waals surface area contributed by atoms with E-state index in [4.69, 9.17) is 4.74 Å². The molecule has 1 aliphatic rings. The van der Waals surface area contributed by atoms with Gasteiger partial charge in [-0.15, -0.1) is 0 Å². The number of hydrogen-bond acceptors (Lipinski definition) is 4. The average Bonchev–Trinajstić information content (AvgIpc) is 3.44. The fourth-order valence-electron chi connectivity index (χ4n) is 4.59. The highest BCUT2D eigenvalue weighted by atomic mass is 16.5. The fraction of sp³-hybridized carbons (Fsp3) is 0.320. The molecule has 1 atom stereocenters. The molecule has 0 radical (unpaired) electrons. The molecule has 7 nitrogen and oxygen atoms in total. The number of aromatic nitrogens is 4. The highest BCUT2D eigenvalue weighted by molar-refractivity contribution is 5.73. The van der Waals surface area contributed by atoms with Crippen LogP contribution in [0.1, 0.15) is 29.5 Å². The third-order valence-corrected chi connectivity index (χ3v) is 6.17. The fourth-order valence-corrected chi connectivity index (χ4v) is 4.59. The van der Waals surface area contributed by atoms with Crippen molar-refractivity contribution in [1.29, 1.82) is 0 Å². The number of rotatable bonds is 5. The van der Waals surface area contributed by atoms with E-state index in [2.05, 4.69) is 4.98 Å². The van der Waals surface area contributed by atoms with Gasteiger partial charge in [0.25, 0.3) is 5.56 Å². The third kappa shape index (κ3) is 3.48. The van der Waals surface area contributed by atoms with E-state index in [9.17, 15) is 9.59 Å². The van der Waals surface area contributed by atoms with Crippen LogP contribution in [-0.2, 0) is 17.8 Å². The van der Waals surface area contributed by atoms with Gasteiger partial charge in [-0.05, 0) is 43.4 Å². The minimum Gasteiger partial charge on any atom is -0.376 e.